The summed E-state index contributed by atoms with van der Waals surface area (Å²) in [6, 6.07) is 3.39. The topological polar surface area (TPSA) is 74.3 Å². The Kier molecular flexibility index (Phi) is 6.33. The summed E-state index contributed by atoms with van der Waals surface area (Å²) >= 11 is 0. The largest absolute Gasteiger partial charge is 0.353 e. The van der Waals surface area contributed by atoms with Crippen molar-refractivity contribution in [1.82, 2.24) is 20.5 Å². The molecule has 0 aliphatic carbocycles. The quantitative estimate of drug-likeness (QED) is 0.789. The van der Waals surface area contributed by atoms with Crippen LogP contribution < -0.4 is 10.6 Å². The third-order valence-electron chi connectivity index (χ3n) is 3.96. The highest BCUT2D eigenvalue weighted by atomic mass is 16.2. The van der Waals surface area contributed by atoms with Crippen molar-refractivity contribution < 1.29 is 9.59 Å². The predicted octanol–water partition coefficient (Wildman–Crippen LogP) is 0.802. The van der Waals surface area contributed by atoms with Crippen LogP contribution in [0.5, 0.6) is 0 Å². The Morgan fingerprint density at radius 1 is 1.27 bits per heavy atom. The number of carbonyl (C=O) groups excluding carboxylic acids is 2. The first-order valence-electron chi connectivity index (χ1n) is 7.84. The Balaban J connectivity index is 1.69. The number of likely N-dealkylation sites (tertiary alicyclic amines) is 1. The molecule has 6 heteroatoms. The lowest BCUT2D eigenvalue weighted by atomic mass is 10.1. The van der Waals surface area contributed by atoms with Crippen LogP contribution in [0.25, 0.3) is 0 Å². The first-order chi connectivity index (χ1) is 10.7. The fourth-order valence-electron chi connectivity index (χ4n) is 2.66. The van der Waals surface area contributed by atoms with Gasteiger partial charge in [0.25, 0.3) is 5.91 Å². The number of nitrogens with zero attached hydrogens (tertiary/aromatic N) is 2. The molecule has 0 aromatic carbocycles. The van der Waals surface area contributed by atoms with Crippen molar-refractivity contribution in [3.63, 3.8) is 0 Å². The minimum Gasteiger partial charge on any atom is -0.353 e. The maximum Gasteiger partial charge on any atom is 0.252 e. The summed E-state index contributed by atoms with van der Waals surface area (Å²) in [7, 11) is 2.00. The number of hydrogen-bond donors (Lipinski definition) is 2. The molecule has 22 heavy (non-hydrogen) atoms. The molecule has 1 saturated heterocycles. The fourth-order valence-corrected chi connectivity index (χ4v) is 2.66. The van der Waals surface area contributed by atoms with Gasteiger partial charge in [0.15, 0.2) is 0 Å². The first-order valence-corrected chi connectivity index (χ1v) is 7.84. The highest BCUT2D eigenvalue weighted by Gasteiger charge is 2.24. The molecule has 1 aromatic heterocycles. The van der Waals surface area contributed by atoms with Crippen LogP contribution in [0.15, 0.2) is 24.5 Å². The number of likely N-dealkylation sites (N-methyl/N-ethyl adjacent to an activating group) is 1. The van der Waals surface area contributed by atoms with Crippen LogP contribution in [0.4, 0.5) is 0 Å². The summed E-state index contributed by atoms with van der Waals surface area (Å²) in [6.07, 6.45) is 7.50. The summed E-state index contributed by atoms with van der Waals surface area (Å²) in [5.74, 6) is -0.117. The Morgan fingerprint density at radius 3 is 2.86 bits per heavy atom. The van der Waals surface area contributed by atoms with E-state index in [-0.39, 0.29) is 17.9 Å². The average Bonchev–Trinajstić information content (AvgIpc) is 2.76. The molecule has 1 unspecified atom stereocenters. The van der Waals surface area contributed by atoms with Gasteiger partial charge in [0.05, 0.1) is 11.6 Å². The number of amides is 2. The van der Waals surface area contributed by atoms with Crippen LogP contribution in [0, 0.1) is 0 Å². The molecule has 1 aliphatic rings. The highest BCUT2D eigenvalue weighted by Crippen LogP contribution is 2.14. The third kappa shape index (κ3) is 4.80. The lowest BCUT2D eigenvalue weighted by molar-refractivity contribution is -0.126. The van der Waals surface area contributed by atoms with Crippen molar-refractivity contribution in [3.05, 3.63) is 30.1 Å². The number of rotatable bonds is 5. The Hall–Kier alpha value is -1.95. The number of nitrogens with one attached hydrogen (secondary N) is 2. The molecule has 120 valence electrons. The monoisotopic (exact) mass is 304 g/mol. The van der Waals surface area contributed by atoms with Crippen molar-refractivity contribution in [3.8, 4) is 0 Å². The van der Waals surface area contributed by atoms with E-state index in [4.69, 9.17) is 0 Å². The van der Waals surface area contributed by atoms with E-state index in [1.54, 1.807) is 18.3 Å². The fraction of sp³-hybridized carbons (Fsp3) is 0.562. The molecule has 2 N–H and O–H groups in total. The zero-order chi connectivity index (χ0) is 15.8. The van der Waals surface area contributed by atoms with Crippen LogP contribution in [0.3, 0.4) is 0 Å². The SMILES string of the molecule is CN1CCCCCC1C(=O)NCCNC(=O)c1cccnc1. The van der Waals surface area contributed by atoms with Crippen LogP contribution in [-0.2, 0) is 4.79 Å². The standard InChI is InChI=1S/C16H24N4O2/c1-20-11-4-2-3-7-14(20)16(22)19-10-9-18-15(21)13-6-5-8-17-12-13/h5-6,8,12,14H,2-4,7,9-11H2,1H3,(H,18,21)(H,19,22). The minimum atomic E-state index is -0.172. The van der Waals surface area contributed by atoms with Crippen LogP contribution in [0.2, 0.25) is 0 Å². The Morgan fingerprint density at radius 2 is 2.09 bits per heavy atom. The second kappa shape index (κ2) is 8.48. The molecule has 0 spiro atoms. The summed E-state index contributed by atoms with van der Waals surface area (Å²) in [5.41, 5.74) is 0.525. The Labute approximate surface area is 131 Å². The van der Waals surface area contributed by atoms with Crippen molar-refractivity contribution in [1.29, 1.82) is 0 Å². The molecule has 6 nitrogen and oxygen atoms in total. The summed E-state index contributed by atoms with van der Waals surface area (Å²) in [5, 5.41) is 5.68. The second-order valence-corrected chi connectivity index (χ2v) is 5.63. The summed E-state index contributed by atoms with van der Waals surface area (Å²) in [4.78, 5) is 30.0. The van der Waals surface area contributed by atoms with E-state index < -0.39 is 0 Å². The van der Waals surface area contributed by atoms with Gasteiger partial charge in [-0.3, -0.25) is 19.5 Å². The van der Waals surface area contributed by atoms with Crippen LogP contribution in [0.1, 0.15) is 36.0 Å². The average molecular weight is 304 g/mol. The van der Waals surface area contributed by atoms with Gasteiger partial charge in [-0.2, -0.15) is 0 Å². The lowest BCUT2D eigenvalue weighted by Gasteiger charge is -2.24. The molecule has 0 bridgehead atoms. The van der Waals surface area contributed by atoms with Gasteiger partial charge >= 0.3 is 0 Å². The van der Waals surface area contributed by atoms with Gasteiger partial charge in [-0.25, -0.2) is 0 Å². The molecule has 1 aliphatic heterocycles. The molecule has 2 rings (SSSR count). The summed E-state index contributed by atoms with van der Waals surface area (Å²) < 4.78 is 0. The van der Waals surface area contributed by atoms with E-state index in [0.29, 0.717) is 18.7 Å². The molecule has 0 radical (unpaired) electrons. The van der Waals surface area contributed by atoms with E-state index >= 15 is 0 Å². The number of pyridine rings is 1. The zero-order valence-corrected chi connectivity index (χ0v) is 13.0. The van der Waals surface area contributed by atoms with Crippen molar-refractivity contribution in [2.75, 3.05) is 26.7 Å². The number of carbonyl (C=O) groups is 2. The maximum atomic E-state index is 12.2. The smallest absolute Gasteiger partial charge is 0.252 e. The predicted molar refractivity (Wildman–Crippen MR) is 84.5 cm³/mol. The number of hydrogen-bond acceptors (Lipinski definition) is 4. The van der Waals surface area contributed by atoms with E-state index in [9.17, 15) is 9.59 Å². The van der Waals surface area contributed by atoms with Gasteiger partial charge in [0.1, 0.15) is 0 Å². The third-order valence-corrected chi connectivity index (χ3v) is 3.96. The van der Waals surface area contributed by atoms with Gasteiger partial charge in [0.2, 0.25) is 5.91 Å². The molecule has 0 saturated carbocycles. The molecular formula is C16H24N4O2. The van der Waals surface area contributed by atoms with Crippen molar-refractivity contribution in [2.45, 2.75) is 31.7 Å². The van der Waals surface area contributed by atoms with E-state index in [1.807, 2.05) is 7.05 Å². The zero-order valence-electron chi connectivity index (χ0n) is 13.0. The normalized spacial score (nSPS) is 19.2. The van der Waals surface area contributed by atoms with Crippen molar-refractivity contribution in [2.24, 2.45) is 0 Å². The van der Waals surface area contributed by atoms with Gasteiger partial charge in [-0.15, -0.1) is 0 Å². The van der Waals surface area contributed by atoms with Gasteiger partial charge in [-0.05, 0) is 38.6 Å². The van der Waals surface area contributed by atoms with E-state index in [2.05, 4.69) is 20.5 Å². The van der Waals surface area contributed by atoms with E-state index in [1.165, 1.54) is 12.6 Å². The number of aromatic nitrogens is 1. The first kappa shape index (κ1) is 16.4. The van der Waals surface area contributed by atoms with Gasteiger partial charge in [0, 0.05) is 25.5 Å². The molecule has 1 fully saturated rings. The molecule has 1 aromatic rings. The molecule has 2 heterocycles. The Bertz CT molecular complexity index is 492. The van der Waals surface area contributed by atoms with Gasteiger partial charge < -0.3 is 10.6 Å². The van der Waals surface area contributed by atoms with E-state index in [0.717, 1.165) is 25.8 Å². The molecular weight excluding hydrogens is 280 g/mol. The van der Waals surface area contributed by atoms with Crippen LogP contribution in [-0.4, -0.2) is 54.4 Å². The van der Waals surface area contributed by atoms with Crippen molar-refractivity contribution >= 4 is 11.8 Å². The highest BCUT2D eigenvalue weighted by molar-refractivity contribution is 5.93. The minimum absolute atomic E-state index is 0.0449. The molecule has 2 amide bonds. The van der Waals surface area contributed by atoms with Gasteiger partial charge in [-0.1, -0.05) is 12.8 Å². The second-order valence-electron chi connectivity index (χ2n) is 5.63. The summed E-state index contributed by atoms with van der Waals surface area (Å²) in [6.45, 7) is 1.82. The lowest BCUT2D eigenvalue weighted by Crippen LogP contribution is -2.46. The molecule has 1 atom stereocenters. The van der Waals surface area contributed by atoms with Crippen LogP contribution >= 0.6 is 0 Å². The maximum absolute atomic E-state index is 12.2.